The smallest absolute Gasteiger partial charge is 0.339 e. The predicted molar refractivity (Wildman–Crippen MR) is 103 cm³/mol. The van der Waals surface area contributed by atoms with Gasteiger partial charge in [-0.3, -0.25) is 4.79 Å². The van der Waals surface area contributed by atoms with E-state index in [0.29, 0.717) is 16.7 Å². The first kappa shape index (κ1) is 18.3. The molecule has 27 heavy (non-hydrogen) atoms. The number of benzene rings is 2. The average Bonchev–Trinajstić information content (AvgIpc) is 2.68. The Kier molecular flexibility index (Phi) is 5.63. The lowest BCUT2D eigenvalue weighted by Gasteiger charge is -2.10. The summed E-state index contributed by atoms with van der Waals surface area (Å²) in [5, 5.41) is 6.24. The second kappa shape index (κ2) is 8.29. The van der Waals surface area contributed by atoms with E-state index in [9.17, 15) is 9.59 Å². The highest BCUT2D eigenvalue weighted by Crippen LogP contribution is 2.19. The molecule has 0 fully saturated rings. The second-order valence-electron chi connectivity index (χ2n) is 5.42. The molecular formula is C19H15ClN4O3. The van der Waals surface area contributed by atoms with E-state index in [2.05, 4.69) is 20.6 Å². The van der Waals surface area contributed by atoms with Crippen LogP contribution in [0.4, 0.5) is 17.3 Å². The zero-order valence-electron chi connectivity index (χ0n) is 14.3. The summed E-state index contributed by atoms with van der Waals surface area (Å²) in [5.41, 5.74) is 1.57. The standard InChI is InChI=1S/C19H15ClN4O3/c1-27-18(26)15-7-2-3-8-16(15)24-17(25)12-10-21-19(22-11-12)23-14-6-4-5-13(20)9-14/h2-11H,1H3,(H,24,25)(H,21,22,23). The Hall–Kier alpha value is -3.45. The first-order valence-corrected chi connectivity index (χ1v) is 8.28. The number of hydrogen-bond acceptors (Lipinski definition) is 6. The molecule has 2 aromatic carbocycles. The minimum absolute atomic E-state index is 0.242. The van der Waals surface area contributed by atoms with Crippen LogP contribution in [-0.4, -0.2) is 29.0 Å². The number of hydrogen-bond donors (Lipinski definition) is 2. The summed E-state index contributed by atoms with van der Waals surface area (Å²) in [5.74, 6) is -0.660. The number of esters is 1. The third-order valence-corrected chi connectivity index (χ3v) is 3.81. The highest BCUT2D eigenvalue weighted by molar-refractivity contribution is 6.30. The normalized spacial score (nSPS) is 10.1. The highest BCUT2D eigenvalue weighted by atomic mass is 35.5. The van der Waals surface area contributed by atoms with Crippen molar-refractivity contribution in [3.05, 3.63) is 77.1 Å². The maximum absolute atomic E-state index is 12.4. The van der Waals surface area contributed by atoms with Crippen molar-refractivity contribution in [1.29, 1.82) is 0 Å². The fourth-order valence-electron chi connectivity index (χ4n) is 2.28. The summed E-state index contributed by atoms with van der Waals surface area (Å²) in [6, 6.07) is 13.7. The summed E-state index contributed by atoms with van der Waals surface area (Å²) in [6.45, 7) is 0. The number of anilines is 3. The number of rotatable bonds is 5. The van der Waals surface area contributed by atoms with Gasteiger partial charge in [0.15, 0.2) is 0 Å². The Labute approximate surface area is 160 Å². The molecular weight excluding hydrogens is 368 g/mol. The number of carbonyl (C=O) groups is 2. The van der Waals surface area contributed by atoms with Crippen LogP contribution < -0.4 is 10.6 Å². The van der Waals surface area contributed by atoms with Crippen molar-refractivity contribution in [2.45, 2.75) is 0 Å². The summed E-state index contributed by atoms with van der Waals surface area (Å²) in [6.07, 6.45) is 2.77. The summed E-state index contributed by atoms with van der Waals surface area (Å²) >= 11 is 5.93. The monoisotopic (exact) mass is 382 g/mol. The molecule has 0 aliphatic carbocycles. The molecule has 0 atom stereocenters. The van der Waals surface area contributed by atoms with Gasteiger partial charge in [-0.05, 0) is 30.3 Å². The van der Waals surface area contributed by atoms with Gasteiger partial charge in [0.25, 0.3) is 5.91 Å². The van der Waals surface area contributed by atoms with Crippen molar-refractivity contribution >= 4 is 40.8 Å². The number of carbonyl (C=O) groups excluding carboxylic acids is 2. The van der Waals surface area contributed by atoms with Gasteiger partial charge in [0, 0.05) is 23.1 Å². The molecule has 0 saturated carbocycles. The summed E-state index contributed by atoms with van der Waals surface area (Å²) < 4.78 is 4.71. The van der Waals surface area contributed by atoms with E-state index in [4.69, 9.17) is 16.3 Å². The van der Waals surface area contributed by atoms with Crippen molar-refractivity contribution in [2.75, 3.05) is 17.7 Å². The quantitative estimate of drug-likeness (QED) is 0.650. The molecule has 1 heterocycles. The van der Waals surface area contributed by atoms with Gasteiger partial charge in [0.2, 0.25) is 5.95 Å². The molecule has 0 bridgehead atoms. The second-order valence-corrected chi connectivity index (χ2v) is 5.86. The molecule has 3 aromatic rings. The SMILES string of the molecule is COC(=O)c1ccccc1NC(=O)c1cnc(Nc2cccc(Cl)c2)nc1. The third kappa shape index (κ3) is 4.59. The lowest BCUT2D eigenvalue weighted by atomic mass is 10.1. The largest absolute Gasteiger partial charge is 0.465 e. The van der Waals surface area contributed by atoms with Crippen molar-refractivity contribution in [3.8, 4) is 0 Å². The van der Waals surface area contributed by atoms with Crippen LogP contribution in [-0.2, 0) is 4.74 Å². The van der Waals surface area contributed by atoms with Gasteiger partial charge in [-0.2, -0.15) is 0 Å². The van der Waals surface area contributed by atoms with Gasteiger partial charge in [-0.1, -0.05) is 29.8 Å². The van der Waals surface area contributed by atoms with E-state index in [-0.39, 0.29) is 11.1 Å². The van der Waals surface area contributed by atoms with Crippen LogP contribution in [0.2, 0.25) is 5.02 Å². The lowest BCUT2D eigenvalue weighted by molar-refractivity contribution is 0.0602. The van der Waals surface area contributed by atoms with Crippen LogP contribution in [0.15, 0.2) is 60.9 Å². The van der Waals surface area contributed by atoms with Crippen molar-refractivity contribution < 1.29 is 14.3 Å². The fourth-order valence-corrected chi connectivity index (χ4v) is 2.47. The first-order valence-electron chi connectivity index (χ1n) is 7.90. The van der Waals surface area contributed by atoms with Crippen LogP contribution in [0.25, 0.3) is 0 Å². The molecule has 0 saturated heterocycles. The predicted octanol–water partition coefficient (Wildman–Crippen LogP) is 3.91. The topological polar surface area (TPSA) is 93.2 Å². The average molecular weight is 383 g/mol. The molecule has 2 N–H and O–H groups in total. The number of halogens is 1. The molecule has 3 rings (SSSR count). The number of nitrogens with one attached hydrogen (secondary N) is 2. The van der Waals surface area contributed by atoms with Crippen LogP contribution in [0.5, 0.6) is 0 Å². The summed E-state index contributed by atoms with van der Waals surface area (Å²) in [7, 11) is 1.28. The number of aromatic nitrogens is 2. The van der Waals surface area contributed by atoms with Crippen LogP contribution in [0, 0.1) is 0 Å². The third-order valence-electron chi connectivity index (χ3n) is 3.58. The molecule has 0 aliphatic heterocycles. The van der Waals surface area contributed by atoms with Gasteiger partial charge in [-0.25, -0.2) is 14.8 Å². The molecule has 0 radical (unpaired) electrons. The minimum Gasteiger partial charge on any atom is -0.465 e. The molecule has 136 valence electrons. The molecule has 7 nitrogen and oxygen atoms in total. The molecule has 0 spiro atoms. The number of methoxy groups -OCH3 is 1. The van der Waals surface area contributed by atoms with E-state index in [1.807, 2.05) is 6.07 Å². The Bertz CT molecular complexity index is 977. The van der Waals surface area contributed by atoms with Crippen LogP contribution in [0.1, 0.15) is 20.7 Å². The fraction of sp³-hybridized carbons (Fsp3) is 0.0526. The first-order chi connectivity index (χ1) is 13.1. The highest BCUT2D eigenvalue weighted by Gasteiger charge is 2.14. The van der Waals surface area contributed by atoms with E-state index in [0.717, 1.165) is 5.69 Å². The van der Waals surface area contributed by atoms with E-state index in [1.54, 1.807) is 42.5 Å². The van der Waals surface area contributed by atoms with Gasteiger partial charge < -0.3 is 15.4 Å². The van der Waals surface area contributed by atoms with Gasteiger partial charge in [0.1, 0.15) is 0 Å². The number of amides is 1. The van der Waals surface area contributed by atoms with Crippen molar-refractivity contribution in [1.82, 2.24) is 9.97 Å². The van der Waals surface area contributed by atoms with Crippen LogP contribution in [0.3, 0.4) is 0 Å². The lowest BCUT2D eigenvalue weighted by Crippen LogP contribution is -2.16. The van der Waals surface area contributed by atoms with E-state index in [1.165, 1.54) is 19.5 Å². The Morgan fingerprint density at radius 3 is 2.48 bits per heavy atom. The van der Waals surface area contributed by atoms with Crippen molar-refractivity contribution in [2.24, 2.45) is 0 Å². The minimum atomic E-state index is -0.539. The number of ether oxygens (including phenoxy) is 1. The Balaban J connectivity index is 1.72. The van der Waals surface area contributed by atoms with Gasteiger partial charge in [0.05, 0.1) is 23.9 Å². The molecule has 0 aliphatic rings. The number of para-hydroxylation sites is 1. The molecule has 8 heteroatoms. The molecule has 1 aromatic heterocycles. The maximum Gasteiger partial charge on any atom is 0.339 e. The Morgan fingerprint density at radius 1 is 1.04 bits per heavy atom. The zero-order valence-corrected chi connectivity index (χ0v) is 15.0. The summed E-state index contributed by atoms with van der Waals surface area (Å²) in [4.78, 5) is 32.4. The van der Waals surface area contributed by atoms with Crippen molar-refractivity contribution in [3.63, 3.8) is 0 Å². The Morgan fingerprint density at radius 2 is 1.78 bits per heavy atom. The molecule has 0 unspecified atom stereocenters. The van der Waals surface area contributed by atoms with Gasteiger partial charge in [-0.15, -0.1) is 0 Å². The molecule has 1 amide bonds. The zero-order chi connectivity index (χ0) is 19.2. The van der Waals surface area contributed by atoms with E-state index >= 15 is 0 Å². The van der Waals surface area contributed by atoms with E-state index < -0.39 is 11.9 Å². The number of nitrogens with zero attached hydrogens (tertiary/aromatic N) is 2. The maximum atomic E-state index is 12.4. The van der Waals surface area contributed by atoms with Gasteiger partial charge >= 0.3 is 5.97 Å². The van der Waals surface area contributed by atoms with Crippen LogP contribution >= 0.6 is 11.6 Å².